The maximum Gasteiger partial charge on any atom is 0.319 e. The molecule has 22 heavy (non-hydrogen) atoms. The van der Waals surface area contributed by atoms with Crippen LogP contribution in [-0.2, 0) is 0 Å². The van der Waals surface area contributed by atoms with Crippen molar-refractivity contribution >= 4 is 11.7 Å². The largest absolute Gasteiger partial charge is 0.491 e. The van der Waals surface area contributed by atoms with E-state index in [2.05, 4.69) is 15.6 Å². The van der Waals surface area contributed by atoms with Crippen LogP contribution in [0.3, 0.4) is 0 Å². The van der Waals surface area contributed by atoms with Crippen molar-refractivity contribution in [1.82, 2.24) is 10.3 Å². The number of para-hydroxylation sites is 2. The van der Waals surface area contributed by atoms with E-state index in [1.165, 1.54) is 0 Å². The van der Waals surface area contributed by atoms with Gasteiger partial charge in [-0.15, -0.1) is 0 Å². The topological polar surface area (TPSA) is 63.2 Å². The normalized spacial score (nSPS) is 11.5. The SMILES string of the molecule is CCCOc1ccccc1NC(=O)NC(C)c1ccccn1. The molecule has 2 aromatic rings. The molecule has 5 nitrogen and oxygen atoms in total. The van der Waals surface area contributed by atoms with Crippen LogP contribution in [0.4, 0.5) is 10.5 Å². The Morgan fingerprint density at radius 3 is 2.73 bits per heavy atom. The Balaban J connectivity index is 1.97. The van der Waals surface area contributed by atoms with Crippen molar-refractivity contribution in [2.75, 3.05) is 11.9 Å². The van der Waals surface area contributed by atoms with Gasteiger partial charge in [-0.1, -0.05) is 25.1 Å². The summed E-state index contributed by atoms with van der Waals surface area (Å²) in [6, 6.07) is 12.5. The first-order valence-corrected chi connectivity index (χ1v) is 7.41. The predicted molar refractivity (Wildman–Crippen MR) is 87.0 cm³/mol. The monoisotopic (exact) mass is 299 g/mol. The lowest BCUT2D eigenvalue weighted by Crippen LogP contribution is -2.31. The van der Waals surface area contributed by atoms with Crippen molar-refractivity contribution in [1.29, 1.82) is 0 Å². The molecule has 1 atom stereocenters. The predicted octanol–water partition coefficient (Wildman–Crippen LogP) is 3.75. The molecule has 2 amide bonds. The van der Waals surface area contributed by atoms with Crippen LogP contribution in [0.15, 0.2) is 48.7 Å². The number of hydrogen-bond acceptors (Lipinski definition) is 3. The summed E-state index contributed by atoms with van der Waals surface area (Å²) in [5, 5.41) is 5.68. The summed E-state index contributed by atoms with van der Waals surface area (Å²) in [4.78, 5) is 16.3. The Labute approximate surface area is 130 Å². The van der Waals surface area contributed by atoms with E-state index in [-0.39, 0.29) is 12.1 Å². The molecule has 0 saturated heterocycles. The molecule has 5 heteroatoms. The molecular weight excluding hydrogens is 278 g/mol. The number of aromatic nitrogens is 1. The van der Waals surface area contributed by atoms with E-state index in [0.29, 0.717) is 18.0 Å². The molecule has 0 saturated carbocycles. The number of ether oxygens (including phenoxy) is 1. The number of nitrogens with zero attached hydrogens (tertiary/aromatic N) is 1. The number of carbonyl (C=O) groups excluding carboxylic acids is 1. The first kappa shape index (κ1) is 15.8. The Hall–Kier alpha value is -2.56. The van der Waals surface area contributed by atoms with Crippen LogP contribution in [0, 0.1) is 0 Å². The van der Waals surface area contributed by atoms with Crippen molar-refractivity contribution in [3.63, 3.8) is 0 Å². The minimum absolute atomic E-state index is 0.176. The van der Waals surface area contributed by atoms with Gasteiger partial charge in [-0.3, -0.25) is 4.98 Å². The third kappa shape index (κ3) is 4.48. The van der Waals surface area contributed by atoms with Crippen LogP contribution < -0.4 is 15.4 Å². The van der Waals surface area contributed by atoms with Crippen molar-refractivity contribution in [3.05, 3.63) is 54.4 Å². The summed E-state index contributed by atoms with van der Waals surface area (Å²) in [5.41, 5.74) is 1.47. The molecule has 0 fully saturated rings. The lowest BCUT2D eigenvalue weighted by atomic mass is 10.2. The number of benzene rings is 1. The zero-order chi connectivity index (χ0) is 15.8. The zero-order valence-corrected chi connectivity index (χ0v) is 12.9. The molecule has 1 aromatic carbocycles. The summed E-state index contributed by atoms with van der Waals surface area (Å²) in [7, 11) is 0. The lowest BCUT2D eigenvalue weighted by molar-refractivity contribution is 0.249. The molecule has 1 unspecified atom stereocenters. The van der Waals surface area contributed by atoms with Crippen LogP contribution in [0.5, 0.6) is 5.75 Å². The Morgan fingerprint density at radius 1 is 1.23 bits per heavy atom. The third-order valence-corrected chi connectivity index (χ3v) is 3.08. The smallest absolute Gasteiger partial charge is 0.319 e. The van der Waals surface area contributed by atoms with Crippen LogP contribution >= 0.6 is 0 Å². The van der Waals surface area contributed by atoms with Gasteiger partial charge in [0.15, 0.2) is 0 Å². The fourth-order valence-electron chi connectivity index (χ4n) is 1.97. The number of amides is 2. The summed E-state index contributed by atoms with van der Waals surface area (Å²) in [6.07, 6.45) is 2.62. The lowest BCUT2D eigenvalue weighted by Gasteiger charge is -2.16. The highest BCUT2D eigenvalue weighted by atomic mass is 16.5. The van der Waals surface area contributed by atoms with Crippen molar-refractivity contribution in [3.8, 4) is 5.75 Å². The van der Waals surface area contributed by atoms with Gasteiger partial charge in [0.25, 0.3) is 0 Å². The number of pyridine rings is 1. The Morgan fingerprint density at radius 2 is 2.00 bits per heavy atom. The molecule has 0 aliphatic heterocycles. The molecule has 0 spiro atoms. The van der Waals surface area contributed by atoms with E-state index in [9.17, 15) is 4.79 Å². The van der Waals surface area contributed by atoms with Gasteiger partial charge >= 0.3 is 6.03 Å². The second-order valence-corrected chi connectivity index (χ2v) is 4.92. The third-order valence-electron chi connectivity index (χ3n) is 3.08. The minimum Gasteiger partial charge on any atom is -0.491 e. The quantitative estimate of drug-likeness (QED) is 0.853. The highest BCUT2D eigenvalue weighted by Gasteiger charge is 2.12. The second-order valence-electron chi connectivity index (χ2n) is 4.92. The van der Waals surface area contributed by atoms with E-state index < -0.39 is 0 Å². The molecule has 0 bridgehead atoms. The highest BCUT2D eigenvalue weighted by molar-refractivity contribution is 5.91. The van der Waals surface area contributed by atoms with Gasteiger partial charge in [0, 0.05) is 6.20 Å². The van der Waals surface area contributed by atoms with E-state index in [0.717, 1.165) is 12.1 Å². The van der Waals surface area contributed by atoms with E-state index in [4.69, 9.17) is 4.74 Å². The van der Waals surface area contributed by atoms with Gasteiger partial charge in [-0.05, 0) is 37.6 Å². The van der Waals surface area contributed by atoms with Crippen LogP contribution in [0.2, 0.25) is 0 Å². The van der Waals surface area contributed by atoms with Gasteiger partial charge in [-0.2, -0.15) is 0 Å². The molecule has 2 rings (SSSR count). The van der Waals surface area contributed by atoms with Gasteiger partial charge in [0.2, 0.25) is 0 Å². The van der Waals surface area contributed by atoms with Gasteiger partial charge < -0.3 is 15.4 Å². The second kappa shape index (κ2) is 8.02. The molecular formula is C17H21N3O2. The Bertz CT molecular complexity index is 602. The first-order chi connectivity index (χ1) is 10.7. The Kier molecular flexibility index (Phi) is 5.77. The molecule has 1 heterocycles. The first-order valence-electron chi connectivity index (χ1n) is 7.41. The molecule has 1 aromatic heterocycles. The highest BCUT2D eigenvalue weighted by Crippen LogP contribution is 2.24. The van der Waals surface area contributed by atoms with Gasteiger partial charge in [-0.25, -0.2) is 4.79 Å². The van der Waals surface area contributed by atoms with E-state index >= 15 is 0 Å². The van der Waals surface area contributed by atoms with Crippen LogP contribution in [0.25, 0.3) is 0 Å². The summed E-state index contributed by atoms with van der Waals surface area (Å²) in [5.74, 6) is 0.671. The summed E-state index contributed by atoms with van der Waals surface area (Å²) < 4.78 is 5.62. The summed E-state index contributed by atoms with van der Waals surface area (Å²) >= 11 is 0. The van der Waals surface area contributed by atoms with E-state index in [1.54, 1.807) is 6.20 Å². The average molecular weight is 299 g/mol. The minimum atomic E-state index is -0.286. The number of carbonyl (C=O) groups is 1. The van der Waals surface area contributed by atoms with E-state index in [1.807, 2.05) is 56.3 Å². The number of anilines is 1. The number of nitrogens with one attached hydrogen (secondary N) is 2. The molecule has 0 aliphatic rings. The number of rotatable bonds is 6. The maximum atomic E-state index is 12.1. The van der Waals surface area contributed by atoms with Crippen molar-refractivity contribution < 1.29 is 9.53 Å². The van der Waals surface area contributed by atoms with Crippen LogP contribution in [-0.4, -0.2) is 17.6 Å². The molecule has 2 N–H and O–H groups in total. The molecule has 0 aliphatic carbocycles. The average Bonchev–Trinajstić information content (AvgIpc) is 2.54. The summed E-state index contributed by atoms with van der Waals surface area (Å²) in [6.45, 7) is 4.54. The van der Waals surface area contributed by atoms with Gasteiger partial charge in [0.05, 0.1) is 24.0 Å². The van der Waals surface area contributed by atoms with Crippen molar-refractivity contribution in [2.45, 2.75) is 26.3 Å². The number of urea groups is 1. The molecule has 116 valence electrons. The molecule has 0 radical (unpaired) electrons. The van der Waals surface area contributed by atoms with Gasteiger partial charge in [0.1, 0.15) is 5.75 Å². The van der Waals surface area contributed by atoms with Crippen LogP contribution in [0.1, 0.15) is 32.0 Å². The number of hydrogen-bond donors (Lipinski definition) is 2. The fraction of sp³-hybridized carbons (Fsp3) is 0.294. The van der Waals surface area contributed by atoms with Crippen molar-refractivity contribution in [2.24, 2.45) is 0 Å². The standard InChI is InChI=1S/C17H21N3O2/c1-3-12-22-16-10-5-4-9-15(16)20-17(21)19-13(2)14-8-6-7-11-18-14/h4-11,13H,3,12H2,1-2H3,(H2,19,20,21). The zero-order valence-electron chi connectivity index (χ0n) is 12.9. The maximum absolute atomic E-state index is 12.1. The fourth-order valence-corrected chi connectivity index (χ4v) is 1.97.